The minimum Gasteiger partial charge on any atom is -0.394 e. The number of carbonyl (C=O) groups is 1. The molecule has 0 saturated heterocycles. The fourth-order valence-electron chi connectivity index (χ4n) is 6.41. The van der Waals surface area contributed by atoms with Crippen LogP contribution >= 0.6 is 0 Å². The van der Waals surface area contributed by atoms with Crippen LogP contribution in [0, 0.1) is 0 Å². The van der Waals surface area contributed by atoms with Gasteiger partial charge in [-0.15, -0.1) is 0 Å². The Kier molecular flexibility index (Phi) is 38.4. The maximum atomic E-state index is 12.4. The average Bonchev–Trinajstić information content (AvgIpc) is 3.07. The minimum absolute atomic E-state index is 0.0674. The molecule has 0 radical (unpaired) electrons. The number of hydrogen-bond donors (Lipinski definition) is 3. The van der Waals surface area contributed by atoms with Crippen LogP contribution in [-0.2, 0) is 4.79 Å². The fourth-order valence-corrected chi connectivity index (χ4v) is 6.41. The van der Waals surface area contributed by atoms with E-state index in [0.29, 0.717) is 6.42 Å². The molecule has 0 heterocycles. The second kappa shape index (κ2) is 39.3. The highest BCUT2D eigenvalue weighted by molar-refractivity contribution is 5.76. The summed E-state index contributed by atoms with van der Waals surface area (Å²) in [6.07, 6.45) is 49.9. The highest BCUT2D eigenvalue weighted by Gasteiger charge is 2.17. The largest absolute Gasteiger partial charge is 0.394 e. The zero-order valence-corrected chi connectivity index (χ0v) is 31.8. The molecule has 0 aliphatic rings. The van der Waals surface area contributed by atoms with E-state index in [4.69, 9.17) is 0 Å². The predicted octanol–water partition coefficient (Wildman–Crippen LogP) is 12.8. The lowest BCUT2D eigenvalue weighted by Gasteiger charge is -2.20. The second-order valence-electron chi connectivity index (χ2n) is 14.4. The van der Waals surface area contributed by atoms with Gasteiger partial charge in [-0.3, -0.25) is 4.79 Å². The molecule has 2 atom stereocenters. The highest BCUT2D eigenvalue weighted by Crippen LogP contribution is 2.15. The molecule has 0 bridgehead atoms. The summed E-state index contributed by atoms with van der Waals surface area (Å²) in [6.45, 7) is 4.31. The number of aliphatic hydroxyl groups is 2. The number of hydrogen-bond acceptors (Lipinski definition) is 3. The van der Waals surface area contributed by atoms with Gasteiger partial charge in [-0.25, -0.2) is 0 Å². The van der Waals surface area contributed by atoms with E-state index >= 15 is 0 Å². The summed E-state index contributed by atoms with van der Waals surface area (Å²) < 4.78 is 0. The van der Waals surface area contributed by atoms with Gasteiger partial charge >= 0.3 is 0 Å². The Morgan fingerprint density at radius 3 is 1.17 bits per heavy atom. The van der Waals surface area contributed by atoms with Gasteiger partial charge in [0, 0.05) is 6.42 Å². The standard InChI is InChI=1S/C43H83NO3/c1-3-5-7-9-11-13-15-17-19-20-21-22-23-25-27-29-31-33-35-37-39-43(47)44-41(40-45)42(46)38-36-34-32-30-28-26-24-18-16-14-12-10-8-6-4-2/h21-22,36,38,41-42,45-46H,3-20,23-35,37,39-40H2,1-2H3,(H,44,47)/b22-21-,38-36+. The van der Waals surface area contributed by atoms with Crippen LogP contribution in [0.4, 0.5) is 0 Å². The zero-order valence-electron chi connectivity index (χ0n) is 31.8. The molecule has 278 valence electrons. The minimum atomic E-state index is -0.837. The van der Waals surface area contributed by atoms with Crippen LogP contribution in [-0.4, -0.2) is 34.9 Å². The Hall–Kier alpha value is -1.13. The lowest BCUT2D eigenvalue weighted by atomic mass is 10.0. The third-order valence-electron chi connectivity index (χ3n) is 9.68. The monoisotopic (exact) mass is 662 g/mol. The van der Waals surface area contributed by atoms with E-state index in [9.17, 15) is 15.0 Å². The van der Waals surface area contributed by atoms with Crippen LogP contribution in [0.15, 0.2) is 24.3 Å². The van der Waals surface area contributed by atoms with Crippen molar-refractivity contribution in [2.45, 2.75) is 238 Å². The molecule has 0 aromatic rings. The maximum Gasteiger partial charge on any atom is 0.220 e. The lowest BCUT2D eigenvalue weighted by molar-refractivity contribution is -0.123. The van der Waals surface area contributed by atoms with E-state index in [0.717, 1.165) is 25.7 Å². The summed E-state index contributed by atoms with van der Waals surface area (Å²) in [6, 6.07) is -0.621. The van der Waals surface area contributed by atoms with E-state index < -0.39 is 12.1 Å². The van der Waals surface area contributed by atoms with Gasteiger partial charge in [0.2, 0.25) is 5.91 Å². The Balaban J connectivity index is 3.57. The van der Waals surface area contributed by atoms with Gasteiger partial charge in [-0.05, 0) is 44.9 Å². The van der Waals surface area contributed by atoms with Gasteiger partial charge in [-0.2, -0.15) is 0 Å². The Labute approximate surface area is 294 Å². The molecule has 2 unspecified atom stereocenters. The van der Waals surface area contributed by atoms with Crippen LogP contribution in [0.1, 0.15) is 226 Å². The normalized spacial score (nSPS) is 13.2. The van der Waals surface area contributed by atoms with Crippen molar-refractivity contribution in [3.05, 3.63) is 24.3 Å². The van der Waals surface area contributed by atoms with Crippen LogP contribution in [0.2, 0.25) is 0 Å². The third-order valence-corrected chi connectivity index (χ3v) is 9.68. The number of allylic oxidation sites excluding steroid dienone is 3. The number of amides is 1. The third kappa shape index (κ3) is 36.0. The Bertz CT molecular complexity index is 676. The zero-order chi connectivity index (χ0) is 34.3. The van der Waals surface area contributed by atoms with Gasteiger partial charge in [0.1, 0.15) is 0 Å². The summed E-state index contributed by atoms with van der Waals surface area (Å²) in [5, 5.41) is 23.0. The van der Waals surface area contributed by atoms with Gasteiger partial charge in [0.15, 0.2) is 0 Å². The Morgan fingerprint density at radius 2 is 0.809 bits per heavy atom. The van der Waals surface area contributed by atoms with Crippen LogP contribution < -0.4 is 5.32 Å². The van der Waals surface area contributed by atoms with E-state index in [2.05, 4.69) is 31.3 Å². The first-order valence-electron chi connectivity index (χ1n) is 21.1. The molecule has 0 saturated carbocycles. The summed E-state index contributed by atoms with van der Waals surface area (Å²) in [5.74, 6) is -0.0674. The van der Waals surface area contributed by atoms with Crippen molar-refractivity contribution in [1.82, 2.24) is 5.32 Å². The smallest absolute Gasteiger partial charge is 0.220 e. The Morgan fingerprint density at radius 1 is 0.489 bits per heavy atom. The van der Waals surface area contributed by atoms with Crippen LogP contribution in [0.25, 0.3) is 0 Å². The summed E-state index contributed by atoms with van der Waals surface area (Å²) >= 11 is 0. The predicted molar refractivity (Wildman–Crippen MR) is 207 cm³/mol. The number of carbonyl (C=O) groups excluding carboxylic acids is 1. The molecular weight excluding hydrogens is 578 g/mol. The van der Waals surface area contributed by atoms with Crippen molar-refractivity contribution in [2.75, 3.05) is 6.61 Å². The first kappa shape index (κ1) is 45.9. The van der Waals surface area contributed by atoms with Crippen molar-refractivity contribution < 1.29 is 15.0 Å². The number of rotatable bonds is 38. The number of unbranched alkanes of at least 4 members (excludes halogenated alkanes) is 29. The molecule has 0 aromatic carbocycles. The topological polar surface area (TPSA) is 69.6 Å². The summed E-state index contributed by atoms with van der Waals surface area (Å²) in [7, 11) is 0. The molecule has 0 aromatic heterocycles. The van der Waals surface area contributed by atoms with Crippen molar-refractivity contribution in [1.29, 1.82) is 0 Å². The van der Waals surface area contributed by atoms with Crippen LogP contribution in [0.3, 0.4) is 0 Å². The van der Waals surface area contributed by atoms with Gasteiger partial charge < -0.3 is 15.5 Å². The van der Waals surface area contributed by atoms with Gasteiger partial charge in [-0.1, -0.05) is 199 Å². The summed E-state index contributed by atoms with van der Waals surface area (Å²) in [4.78, 5) is 12.4. The molecule has 0 aliphatic heterocycles. The molecular formula is C43H83NO3. The summed E-state index contributed by atoms with van der Waals surface area (Å²) in [5.41, 5.74) is 0. The fraction of sp³-hybridized carbons (Fsp3) is 0.884. The van der Waals surface area contributed by atoms with Gasteiger partial charge in [0.05, 0.1) is 18.8 Å². The molecule has 0 aliphatic carbocycles. The van der Waals surface area contributed by atoms with Crippen molar-refractivity contribution in [2.24, 2.45) is 0 Å². The first-order chi connectivity index (χ1) is 23.2. The molecule has 47 heavy (non-hydrogen) atoms. The number of nitrogens with one attached hydrogen (secondary N) is 1. The number of aliphatic hydroxyl groups excluding tert-OH is 2. The van der Waals surface area contributed by atoms with Gasteiger partial charge in [0.25, 0.3) is 0 Å². The molecule has 4 nitrogen and oxygen atoms in total. The quantitative estimate of drug-likeness (QED) is 0.0455. The molecule has 0 fully saturated rings. The molecule has 4 heteroatoms. The highest BCUT2D eigenvalue weighted by atomic mass is 16.3. The van der Waals surface area contributed by atoms with Crippen LogP contribution in [0.5, 0.6) is 0 Å². The lowest BCUT2D eigenvalue weighted by Crippen LogP contribution is -2.45. The first-order valence-corrected chi connectivity index (χ1v) is 21.1. The van der Waals surface area contributed by atoms with E-state index in [1.165, 1.54) is 180 Å². The van der Waals surface area contributed by atoms with Crippen molar-refractivity contribution in [3.63, 3.8) is 0 Å². The SMILES string of the molecule is CCCCCCCCCCC/C=C\CCCCCCCCCC(=O)NC(CO)C(O)/C=C/CCCCCCCCCCCCCCC. The molecule has 0 spiro atoms. The van der Waals surface area contributed by atoms with E-state index in [-0.39, 0.29) is 12.5 Å². The average molecular weight is 662 g/mol. The molecule has 1 amide bonds. The molecule has 3 N–H and O–H groups in total. The van der Waals surface area contributed by atoms with Crippen molar-refractivity contribution in [3.8, 4) is 0 Å². The second-order valence-corrected chi connectivity index (χ2v) is 14.4. The molecule has 0 rings (SSSR count). The maximum absolute atomic E-state index is 12.4. The van der Waals surface area contributed by atoms with E-state index in [1.807, 2.05) is 6.08 Å². The van der Waals surface area contributed by atoms with E-state index in [1.54, 1.807) is 6.08 Å². The van der Waals surface area contributed by atoms with Crippen molar-refractivity contribution >= 4 is 5.91 Å².